The van der Waals surface area contributed by atoms with Crippen molar-refractivity contribution in [2.75, 3.05) is 13.7 Å². The van der Waals surface area contributed by atoms with Crippen molar-refractivity contribution in [2.24, 2.45) is 5.41 Å². The predicted octanol–water partition coefficient (Wildman–Crippen LogP) is 3.38. The number of hydrogen-bond donors (Lipinski definition) is 1. The van der Waals surface area contributed by atoms with E-state index in [9.17, 15) is 5.11 Å². The van der Waals surface area contributed by atoms with Gasteiger partial charge in [0.2, 0.25) is 0 Å². The summed E-state index contributed by atoms with van der Waals surface area (Å²) in [5.41, 5.74) is 0.118. The minimum Gasteiger partial charge on any atom is -0.396 e. The summed E-state index contributed by atoms with van der Waals surface area (Å²) in [5, 5.41) is 9.30. The summed E-state index contributed by atoms with van der Waals surface area (Å²) >= 11 is 0. The van der Waals surface area contributed by atoms with Crippen molar-refractivity contribution < 1.29 is 9.84 Å². The summed E-state index contributed by atoms with van der Waals surface area (Å²) < 4.78 is 5.51. The predicted molar refractivity (Wildman–Crippen MR) is 65.0 cm³/mol. The second-order valence-electron chi connectivity index (χ2n) is 5.18. The van der Waals surface area contributed by atoms with Gasteiger partial charge >= 0.3 is 0 Å². The molecule has 0 aromatic carbocycles. The van der Waals surface area contributed by atoms with Gasteiger partial charge in [0.25, 0.3) is 0 Å². The highest BCUT2D eigenvalue weighted by Crippen LogP contribution is 2.30. The maximum Gasteiger partial charge on any atom is 0.0648 e. The fraction of sp³-hybridized carbons (Fsp3) is 1.00. The van der Waals surface area contributed by atoms with E-state index in [4.69, 9.17) is 4.74 Å². The third kappa shape index (κ3) is 4.98. The molecule has 0 aromatic rings. The van der Waals surface area contributed by atoms with E-state index in [1.54, 1.807) is 7.11 Å². The molecule has 0 spiro atoms. The topological polar surface area (TPSA) is 29.5 Å². The van der Waals surface area contributed by atoms with Crippen molar-refractivity contribution in [3.8, 4) is 0 Å². The van der Waals surface area contributed by atoms with E-state index >= 15 is 0 Å². The van der Waals surface area contributed by atoms with Crippen LogP contribution in [0.1, 0.15) is 59.8 Å². The lowest BCUT2D eigenvalue weighted by Crippen LogP contribution is -2.27. The molecule has 2 nitrogen and oxygen atoms in total. The molecule has 0 rings (SSSR count). The molecule has 0 bridgehead atoms. The molecule has 0 heterocycles. The lowest BCUT2D eigenvalue weighted by molar-refractivity contribution is -0.00969. The lowest BCUT2D eigenvalue weighted by atomic mass is 9.81. The smallest absolute Gasteiger partial charge is 0.0648 e. The van der Waals surface area contributed by atoms with E-state index < -0.39 is 0 Å². The van der Waals surface area contributed by atoms with Gasteiger partial charge in [-0.2, -0.15) is 0 Å². The molecule has 15 heavy (non-hydrogen) atoms. The monoisotopic (exact) mass is 216 g/mol. The van der Waals surface area contributed by atoms with Crippen LogP contribution in [-0.4, -0.2) is 24.4 Å². The Morgan fingerprint density at radius 3 is 2.00 bits per heavy atom. The molecule has 1 N–H and O–H groups in total. The van der Waals surface area contributed by atoms with Gasteiger partial charge in [0.1, 0.15) is 0 Å². The molecule has 92 valence electrons. The van der Waals surface area contributed by atoms with Crippen LogP contribution < -0.4 is 0 Å². The second-order valence-corrected chi connectivity index (χ2v) is 5.18. The van der Waals surface area contributed by atoms with E-state index in [2.05, 4.69) is 27.7 Å². The van der Waals surface area contributed by atoms with E-state index in [0.717, 1.165) is 32.1 Å². The number of aliphatic hydroxyl groups excluding tert-OH is 1. The number of ether oxygens (including phenoxy) is 1. The Kier molecular flexibility index (Phi) is 6.46. The molecular formula is C13H28O2. The van der Waals surface area contributed by atoms with Crippen LogP contribution in [-0.2, 0) is 4.74 Å². The third-order valence-corrected chi connectivity index (χ3v) is 3.96. The van der Waals surface area contributed by atoms with Gasteiger partial charge in [0, 0.05) is 13.7 Å². The summed E-state index contributed by atoms with van der Waals surface area (Å²) in [5.74, 6) is 0. The van der Waals surface area contributed by atoms with Gasteiger partial charge in [-0.3, -0.25) is 0 Å². The number of aliphatic hydroxyl groups is 1. The summed E-state index contributed by atoms with van der Waals surface area (Å²) in [4.78, 5) is 0. The molecule has 0 amide bonds. The van der Waals surface area contributed by atoms with Crippen molar-refractivity contribution in [3.05, 3.63) is 0 Å². The van der Waals surface area contributed by atoms with E-state index in [1.165, 1.54) is 0 Å². The minimum absolute atomic E-state index is 0.0180. The highest BCUT2D eigenvalue weighted by atomic mass is 16.5. The number of hydrogen-bond acceptors (Lipinski definition) is 2. The molecule has 0 radical (unpaired) electrons. The molecule has 0 saturated heterocycles. The van der Waals surface area contributed by atoms with Gasteiger partial charge in [-0.25, -0.2) is 0 Å². The maximum absolute atomic E-state index is 9.30. The summed E-state index contributed by atoms with van der Waals surface area (Å²) in [6.07, 6.45) is 5.38. The van der Waals surface area contributed by atoms with E-state index in [0.29, 0.717) is 6.61 Å². The summed E-state index contributed by atoms with van der Waals surface area (Å²) in [6, 6.07) is 0. The molecular weight excluding hydrogens is 188 g/mol. The minimum atomic E-state index is 0.0180. The largest absolute Gasteiger partial charge is 0.396 e. The zero-order valence-corrected chi connectivity index (χ0v) is 11.1. The Morgan fingerprint density at radius 2 is 1.67 bits per heavy atom. The molecule has 0 aliphatic carbocycles. The standard InChI is InChI=1S/C13H28O2/c1-6-12(3,11-14)9-8-10-13(4,7-2)15-5/h14H,6-11H2,1-5H3. The van der Waals surface area contributed by atoms with Gasteiger partial charge in [-0.05, 0) is 44.4 Å². The van der Waals surface area contributed by atoms with Crippen molar-refractivity contribution in [2.45, 2.75) is 65.4 Å². The van der Waals surface area contributed by atoms with Crippen molar-refractivity contribution in [3.63, 3.8) is 0 Å². The fourth-order valence-corrected chi connectivity index (χ4v) is 1.68. The van der Waals surface area contributed by atoms with Gasteiger partial charge < -0.3 is 9.84 Å². The Balaban J connectivity index is 3.96. The third-order valence-electron chi connectivity index (χ3n) is 3.96. The Labute approximate surface area is 95.0 Å². The Hall–Kier alpha value is -0.0800. The molecule has 2 heteroatoms. The van der Waals surface area contributed by atoms with Crippen molar-refractivity contribution >= 4 is 0 Å². The summed E-state index contributed by atoms with van der Waals surface area (Å²) in [7, 11) is 1.79. The highest BCUT2D eigenvalue weighted by molar-refractivity contribution is 4.76. The Bertz CT molecular complexity index is 140. The Morgan fingerprint density at radius 1 is 1.07 bits per heavy atom. The van der Waals surface area contributed by atoms with Crippen LogP contribution in [0.2, 0.25) is 0 Å². The van der Waals surface area contributed by atoms with E-state index in [-0.39, 0.29) is 11.0 Å². The number of rotatable bonds is 8. The quantitative estimate of drug-likeness (QED) is 0.674. The lowest BCUT2D eigenvalue weighted by Gasteiger charge is -2.30. The first kappa shape index (κ1) is 14.9. The second kappa shape index (κ2) is 6.49. The van der Waals surface area contributed by atoms with Gasteiger partial charge in [-0.1, -0.05) is 20.8 Å². The zero-order valence-electron chi connectivity index (χ0n) is 11.1. The molecule has 2 atom stereocenters. The molecule has 0 aliphatic rings. The average Bonchev–Trinajstić information content (AvgIpc) is 2.28. The molecule has 0 saturated carbocycles. The van der Waals surface area contributed by atoms with Crippen LogP contribution in [0.5, 0.6) is 0 Å². The van der Waals surface area contributed by atoms with Gasteiger partial charge in [0.05, 0.1) is 5.60 Å². The zero-order chi connectivity index (χ0) is 11.9. The van der Waals surface area contributed by atoms with Gasteiger partial charge in [0.15, 0.2) is 0 Å². The molecule has 2 unspecified atom stereocenters. The highest BCUT2D eigenvalue weighted by Gasteiger charge is 2.24. The first-order chi connectivity index (χ1) is 6.95. The van der Waals surface area contributed by atoms with Crippen molar-refractivity contribution in [1.29, 1.82) is 0 Å². The van der Waals surface area contributed by atoms with Crippen LogP contribution in [0, 0.1) is 5.41 Å². The fourth-order valence-electron chi connectivity index (χ4n) is 1.68. The molecule has 0 aliphatic heterocycles. The number of methoxy groups -OCH3 is 1. The SMILES string of the molecule is CCC(C)(CO)CCCC(C)(CC)OC. The van der Waals surface area contributed by atoms with Crippen molar-refractivity contribution in [1.82, 2.24) is 0 Å². The normalized spacial score (nSPS) is 19.6. The first-order valence-electron chi connectivity index (χ1n) is 6.11. The van der Waals surface area contributed by atoms with Gasteiger partial charge in [-0.15, -0.1) is 0 Å². The first-order valence-corrected chi connectivity index (χ1v) is 6.11. The maximum atomic E-state index is 9.30. The average molecular weight is 216 g/mol. The van der Waals surface area contributed by atoms with Crippen LogP contribution in [0.25, 0.3) is 0 Å². The van der Waals surface area contributed by atoms with Crippen LogP contribution >= 0.6 is 0 Å². The molecule has 0 aromatic heterocycles. The van der Waals surface area contributed by atoms with Crippen LogP contribution in [0.4, 0.5) is 0 Å². The van der Waals surface area contributed by atoms with E-state index in [1.807, 2.05) is 0 Å². The van der Waals surface area contributed by atoms with Crippen LogP contribution in [0.3, 0.4) is 0 Å². The summed E-state index contributed by atoms with van der Waals surface area (Å²) in [6.45, 7) is 8.91. The molecule has 0 fully saturated rings. The van der Waals surface area contributed by atoms with Crippen LogP contribution in [0.15, 0.2) is 0 Å².